The van der Waals surface area contributed by atoms with Crippen LogP contribution in [0, 0.1) is 0 Å². The molecule has 2 aliphatic rings. The third-order valence-corrected chi connectivity index (χ3v) is 3.48. The van der Waals surface area contributed by atoms with Gasteiger partial charge in [0.05, 0.1) is 23.8 Å². The molecule has 3 rings (SSSR count). The number of carbonyl (C=O) groups is 2. The SMILES string of the molecule is Nc1cccc2c1C(=O)N(C1CCCOC1)C2=O. The first kappa shape index (κ1) is 11.2. The molecule has 2 heterocycles. The fraction of sp³-hybridized carbons (Fsp3) is 0.385. The quantitative estimate of drug-likeness (QED) is 0.593. The molecular weight excluding hydrogens is 232 g/mol. The lowest BCUT2D eigenvalue weighted by molar-refractivity contribution is 0.0193. The van der Waals surface area contributed by atoms with Gasteiger partial charge in [-0.1, -0.05) is 6.07 Å². The van der Waals surface area contributed by atoms with Crippen LogP contribution in [0.5, 0.6) is 0 Å². The van der Waals surface area contributed by atoms with Crippen molar-refractivity contribution in [2.45, 2.75) is 18.9 Å². The van der Waals surface area contributed by atoms with Crippen LogP contribution in [0.25, 0.3) is 0 Å². The average molecular weight is 246 g/mol. The van der Waals surface area contributed by atoms with Gasteiger partial charge >= 0.3 is 0 Å². The largest absolute Gasteiger partial charge is 0.398 e. The van der Waals surface area contributed by atoms with Crippen LogP contribution in [0.3, 0.4) is 0 Å². The Bertz CT molecular complexity index is 521. The molecule has 2 aliphatic heterocycles. The topological polar surface area (TPSA) is 72.6 Å². The number of rotatable bonds is 1. The van der Waals surface area contributed by atoms with Gasteiger partial charge < -0.3 is 10.5 Å². The standard InChI is InChI=1S/C13H14N2O3/c14-10-5-1-4-9-11(10)13(17)15(12(9)16)8-3-2-6-18-7-8/h1,4-5,8H,2-3,6-7,14H2. The zero-order chi connectivity index (χ0) is 12.7. The number of imide groups is 1. The summed E-state index contributed by atoms with van der Waals surface area (Å²) in [5, 5.41) is 0. The molecule has 94 valence electrons. The molecule has 1 unspecified atom stereocenters. The highest BCUT2D eigenvalue weighted by Gasteiger charge is 2.41. The second kappa shape index (κ2) is 4.10. The van der Waals surface area contributed by atoms with Gasteiger partial charge in [-0.2, -0.15) is 0 Å². The van der Waals surface area contributed by atoms with E-state index in [1.54, 1.807) is 18.2 Å². The number of nitrogens with zero attached hydrogens (tertiary/aromatic N) is 1. The molecule has 5 nitrogen and oxygen atoms in total. The van der Waals surface area contributed by atoms with E-state index in [4.69, 9.17) is 10.5 Å². The number of nitrogens with two attached hydrogens (primary N) is 1. The molecule has 18 heavy (non-hydrogen) atoms. The highest BCUT2D eigenvalue weighted by molar-refractivity contribution is 6.23. The second-order valence-corrected chi connectivity index (χ2v) is 4.62. The Morgan fingerprint density at radius 3 is 2.78 bits per heavy atom. The molecule has 0 spiro atoms. The number of nitrogen functional groups attached to an aromatic ring is 1. The number of fused-ring (bicyclic) bond motifs is 1. The van der Waals surface area contributed by atoms with Crippen molar-refractivity contribution in [1.29, 1.82) is 0 Å². The zero-order valence-electron chi connectivity index (χ0n) is 9.89. The normalized spacial score (nSPS) is 23.3. The lowest BCUT2D eigenvalue weighted by Crippen LogP contribution is -2.44. The molecule has 2 N–H and O–H groups in total. The third-order valence-electron chi connectivity index (χ3n) is 3.48. The predicted octanol–water partition coefficient (Wildman–Crippen LogP) is 1.04. The lowest BCUT2D eigenvalue weighted by Gasteiger charge is -2.29. The number of hydrogen-bond donors (Lipinski definition) is 1. The Labute approximate surface area is 105 Å². The smallest absolute Gasteiger partial charge is 0.263 e. The van der Waals surface area contributed by atoms with E-state index in [9.17, 15) is 9.59 Å². The van der Waals surface area contributed by atoms with Crippen LogP contribution in [0.15, 0.2) is 18.2 Å². The molecule has 0 saturated carbocycles. The van der Waals surface area contributed by atoms with Crippen molar-refractivity contribution in [3.05, 3.63) is 29.3 Å². The van der Waals surface area contributed by atoms with Crippen LogP contribution in [0.1, 0.15) is 33.6 Å². The minimum Gasteiger partial charge on any atom is -0.398 e. The molecule has 5 heteroatoms. The molecule has 0 aliphatic carbocycles. The molecule has 0 bridgehead atoms. The minimum absolute atomic E-state index is 0.162. The first-order valence-electron chi connectivity index (χ1n) is 6.04. The van der Waals surface area contributed by atoms with Crippen molar-refractivity contribution in [1.82, 2.24) is 4.90 Å². The van der Waals surface area contributed by atoms with Gasteiger partial charge in [0.2, 0.25) is 0 Å². The Balaban J connectivity index is 1.99. The van der Waals surface area contributed by atoms with E-state index in [1.807, 2.05) is 0 Å². The van der Waals surface area contributed by atoms with Crippen molar-refractivity contribution in [2.24, 2.45) is 0 Å². The van der Waals surface area contributed by atoms with Gasteiger partial charge in [-0.15, -0.1) is 0 Å². The van der Waals surface area contributed by atoms with Crippen LogP contribution in [-0.2, 0) is 4.74 Å². The van der Waals surface area contributed by atoms with E-state index in [0.29, 0.717) is 30.0 Å². The molecule has 2 amide bonds. The van der Waals surface area contributed by atoms with Crippen molar-refractivity contribution >= 4 is 17.5 Å². The summed E-state index contributed by atoms with van der Waals surface area (Å²) in [5.74, 6) is -0.540. The van der Waals surface area contributed by atoms with Crippen molar-refractivity contribution in [3.8, 4) is 0 Å². The Morgan fingerprint density at radius 1 is 1.28 bits per heavy atom. The highest BCUT2D eigenvalue weighted by atomic mass is 16.5. The van der Waals surface area contributed by atoms with E-state index in [1.165, 1.54) is 4.90 Å². The van der Waals surface area contributed by atoms with Gasteiger partial charge in [-0.3, -0.25) is 14.5 Å². The number of ether oxygens (including phenoxy) is 1. The summed E-state index contributed by atoms with van der Waals surface area (Å²) in [5.41, 5.74) is 6.90. The summed E-state index contributed by atoms with van der Waals surface area (Å²) < 4.78 is 5.34. The van der Waals surface area contributed by atoms with E-state index < -0.39 is 0 Å². The number of amides is 2. The zero-order valence-corrected chi connectivity index (χ0v) is 9.89. The lowest BCUT2D eigenvalue weighted by atomic mass is 10.1. The van der Waals surface area contributed by atoms with Crippen LogP contribution in [0.2, 0.25) is 0 Å². The fourth-order valence-electron chi connectivity index (χ4n) is 2.59. The van der Waals surface area contributed by atoms with Crippen LogP contribution < -0.4 is 5.73 Å². The van der Waals surface area contributed by atoms with Gasteiger partial charge in [0.15, 0.2) is 0 Å². The van der Waals surface area contributed by atoms with Crippen LogP contribution >= 0.6 is 0 Å². The predicted molar refractivity (Wildman–Crippen MR) is 65.2 cm³/mol. The second-order valence-electron chi connectivity index (χ2n) is 4.62. The Hall–Kier alpha value is -1.88. The van der Waals surface area contributed by atoms with E-state index in [-0.39, 0.29) is 17.9 Å². The van der Waals surface area contributed by atoms with Gasteiger partial charge in [-0.25, -0.2) is 0 Å². The Kier molecular flexibility index (Phi) is 2.56. The van der Waals surface area contributed by atoms with Crippen molar-refractivity contribution in [2.75, 3.05) is 18.9 Å². The molecule has 0 aromatic heterocycles. The molecule has 1 fully saturated rings. The molecule has 1 saturated heterocycles. The number of anilines is 1. The molecule has 1 aromatic carbocycles. The summed E-state index contributed by atoms with van der Waals surface area (Å²) in [4.78, 5) is 25.9. The maximum atomic E-state index is 12.3. The number of benzene rings is 1. The summed E-state index contributed by atoms with van der Waals surface area (Å²) in [6, 6.07) is 4.83. The minimum atomic E-state index is -0.288. The maximum absolute atomic E-state index is 12.3. The van der Waals surface area contributed by atoms with Crippen LogP contribution in [-0.4, -0.2) is 36.0 Å². The van der Waals surface area contributed by atoms with Crippen molar-refractivity contribution in [3.63, 3.8) is 0 Å². The van der Waals surface area contributed by atoms with Gasteiger partial charge in [0, 0.05) is 12.3 Å². The maximum Gasteiger partial charge on any atom is 0.263 e. The first-order valence-corrected chi connectivity index (χ1v) is 6.04. The third kappa shape index (κ3) is 1.51. The van der Waals surface area contributed by atoms with Gasteiger partial charge in [0.1, 0.15) is 0 Å². The summed E-state index contributed by atoms with van der Waals surface area (Å²) in [7, 11) is 0. The highest BCUT2D eigenvalue weighted by Crippen LogP contribution is 2.30. The van der Waals surface area contributed by atoms with Crippen LogP contribution in [0.4, 0.5) is 5.69 Å². The van der Waals surface area contributed by atoms with E-state index in [0.717, 1.165) is 12.8 Å². The number of hydrogen-bond acceptors (Lipinski definition) is 4. The fourth-order valence-corrected chi connectivity index (χ4v) is 2.59. The van der Waals surface area contributed by atoms with Crippen molar-refractivity contribution < 1.29 is 14.3 Å². The van der Waals surface area contributed by atoms with E-state index >= 15 is 0 Å². The monoisotopic (exact) mass is 246 g/mol. The van der Waals surface area contributed by atoms with Gasteiger partial charge in [0.25, 0.3) is 11.8 Å². The molecular formula is C13H14N2O3. The average Bonchev–Trinajstić information content (AvgIpc) is 2.64. The van der Waals surface area contributed by atoms with Gasteiger partial charge in [-0.05, 0) is 25.0 Å². The summed E-state index contributed by atoms with van der Waals surface area (Å²) >= 11 is 0. The summed E-state index contributed by atoms with van der Waals surface area (Å²) in [6.45, 7) is 1.12. The molecule has 1 aromatic rings. The molecule has 1 atom stereocenters. The summed E-state index contributed by atoms with van der Waals surface area (Å²) in [6.07, 6.45) is 1.67. The molecule has 0 radical (unpaired) electrons. The number of carbonyl (C=O) groups excluding carboxylic acids is 2. The Morgan fingerprint density at radius 2 is 2.11 bits per heavy atom. The van der Waals surface area contributed by atoms with E-state index in [2.05, 4.69) is 0 Å². The first-order chi connectivity index (χ1) is 8.70.